The van der Waals surface area contributed by atoms with E-state index < -0.39 is 0 Å². The van der Waals surface area contributed by atoms with Crippen molar-refractivity contribution in [3.05, 3.63) is 22.8 Å². The number of halogens is 1. The van der Waals surface area contributed by atoms with Gasteiger partial charge in [-0.2, -0.15) is 0 Å². The van der Waals surface area contributed by atoms with Crippen LogP contribution in [-0.4, -0.2) is 16.6 Å². The van der Waals surface area contributed by atoms with Crippen LogP contribution in [0.1, 0.15) is 31.7 Å². The Hall–Kier alpha value is -0.740. The van der Waals surface area contributed by atoms with Crippen LogP contribution in [0, 0.1) is 5.41 Å². The van der Waals surface area contributed by atoms with Gasteiger partial charge in [-0.15, -0.1) is 11.8 Å². The Labute approximate surface area is 105 Å². The van der Waals surface area contributed by atoms with E-state index in [1.54, 1.807) is 24.0 Å². The molecule has 0 spiro atoms. The minimum Gasteiger partial charge on any atom is -0.384 e. The first-order valence-corrected chi connectivity index (χ1v) is 6.64. The molecule has 0 saturated carbocycles. The van der Waals surface area contributed by atoms with Crippen LogP contribution in [0.4, 0.5) is 0 Å². The van der Waals surface area contributed by atoms with E-state index in [1.165, 1.54) is 12.8 Å². The lowest BCUT2D eigenvalue weighted by Gasteiger charge is -2.06. The minimum absolute atomic E-state index is 0.0113. The van der Waals surface area contributed by atoms with Crippen molar-refractivity contribution in [2.75, 3.05) is 5.75 Å². The number of rotatable bonds is 6. The number of aromatic nitrogens is 1. The van der Waals surface area contributed by atoms with Crippen molar-refractivity contribution in [2.24, 2.45) is 5.73 Å². The van der Waals surface area contributed by atoms with Crippen LogP contribution in [0.5, 0.6) is 0 Å². The summed E-state index contributed by atoms with van der Waals surface area (Å²) in [5.74, 6) is 0.991. The van der Waals surface area contributed by atoms with Gasteiger partial charge in [-0.3, -0.25) is 5.41 Å². The van der Waals surface area contributed by atoms with Gasteiger partial charge >= 0.3 is 0 Å². The average Bonchev–Trinajstić information content (AvgIpc) is 2.26. The third-order valence-corrected chi connectivity index (χ3v) is 3.70. The molecule has 0 aromatic carbocycles. The first-order chi connectivity index (χ1) is 7.66. The molecule has 0 fully saturated rings. The summed E-state index contributed by atoms with van der Waals surface area (Å²) in [7, 11) is 0. The van der Waals surface area contributed by atoms with E-state index in [4.69, 9.17) is 22.7 Å². The zero-order valence-corrected chi connectivity index (χ0v) is 10.9. The third-order valence-electron chi connectivity index (χ3n) is 2.13. The number of pyridine rings is 1. The summed E-state index contributed by atoms with van der Waals surface area (Å²) < 4.78 is 0. The van der Waals surface area contributed by atoms with Gasteiger partial charge in [-0.25, -0.2) is 4.98 Å². The molecule has 88 valence electrons. The molecule has 16 heavy (non-hydrogen) atoms. The van der Waals surface area contributed by atoms with Crippen molar-refractivity contribution in [1.29, 1.82) is 5.41 Å². The highest BCUT2D eigenvalue weighted by Crippen LogP contribution is 2.28. The molecule has 0 bridgehead atoms. The molecule has 0 aliphatic carbocycles. The molecule has 0 radical (unpaired) electrons. The predicted molar refractivity (Wildman–Crippen MR) is 70.5 cm³/mol. The van der Waals surface area contributed by atoms with Gasteiger partial charge in [0.25, 0.3) is 0 Å². The summed E-state index contributed by atoms with van der Waals surface area (Å²) in [6.07, 6.45) is 5.22. The number of nitrogens with one attached hydrogen (secondary N) is 1. The lowest BCUT2D eigenvalue weighted by atomic mass is 10.2. The molecule has 0 amide bonds. The molecule has 1 heterocycles. The normalized spacial score (nSPS) is 10.4. The fraction of sp³-hybridized carbons (Fsp3) is 0.455. The Morgan fingerprint density at radius 2 is 2.31 bits per heavy atom. The molecule has 0 saturated heterocycles. The maximum absolute atomic E-state index is 7.37. The fourth-order valence-corrected chi connectivity index (χ4v) is 2.55. The van der Waals surface area contributed by atoms with Gasteiger partial charge in [0, 0.05) is 11.8 Å². The predicted octanol–water partition coefficient (Wildman–Crippen LogP) is 3.30. The largest absolute Gasteiger partial charge is 0.384 e. The number of thioether (sulfide) groups is 1. The highest BCUT2D eigenvalue weighted by molar-refractivity contribution is 7.99. The van der Waals surface area contributed by atoms with E-state index >= 15 is 0 Å². The van der Waals surface area contributed by atoms with E-state index in [1.807, 2.05) is 0 Å². The van der Waals surface area contributed by atoms with Crippen molar-refractivity contribution < 1.29 is 0 Å². The smallest absolute Gasteiger partial charge is 0.124 e. The van der Waals surface area contributed by atoms with E-state index in [9.17, 15) is 0 Å². The molecule has 0 unspecified atom stereocenters. The Balaban J connectivity index is 2.66. The molecule has 1 rings (SSSR count). The fourth-order valence-electron chi connectivity index (χ4n) is 1.25. The Morgan fingerprint density at radius 3 is 2.94 bits per heavy atom. The lowest BCUT2D eigenvalue weighted by molar-refractivity contribution is 0.778. The molecular weight excluding hydrogens is 242 g/mol. The topological polar surface area (TPSA) is 62.8 Å². The Bertz CT molecular complexity index is 368. The maximum Gasteiger partial charge on any atom is 0.124 e. The monoisotopic (exact) mass is 257 g/mol. The quantitative estimate of drug-likeness (QED) is 0.356. The molecule has 0 atom stereocenters. The molecule has 1 aromatic heterocycles. The van der Waals surface area contributed by atoms with Crippen molar-refractivity contribution in [3.63, 3.8) is 0 Å². The molecular formula is C11H16ClN3S. The zero-order chi connectivity index (χ0) is 12.0. The summed E-state index contributed by atoms with van der Waals surface area (Å²) >= 11 is 7.74. The number of nitrogens with zero attached hydrogens (tertiary/aromatic N) is 1. The Kier molecular flexibility index (Phi) is 5.63. The summed E-state index contributed by atoms with van der Waals surface area (Å²) in [4.78, 5) is 4.20. The molecule has 3 nitrogen and oxygen atoms in total. The van der Waals surface area contributed by atoms with Crippen LogP contribution in [0.15, 0.2) is 17.3 Å². The highest BCUT2D eigenvalue weighted by atomic mass is 35.5. The SMILES string of the molecule is CCCCCSc1nccc(C(=N)N)c1Cl. The summed E-state index contributed by atoms with van der Waals surface area (Å²) in [5.41, 5.74) is 5.99. The lowest BCUT2D eigenvalue weighted by Crippen LogP contribution is -2.12. The van der Waals surface area contributed by atoms with E-state index in [-0.39, 0.29) is 5.84 Å². The maximum atomic E-state index is 7.37. The average molecular weight is 258 g/mol. The second kappa shape index (κ2) is 6.76. The van der Waals surface area contributed by atoms with Crippen molar-refractivity contribution >= 4 is 29.2 Å². The minimum atomic E-state index is -0.0113. The summed E-state index contributed by atoms with van der Waals surface area (Å²) in [5, 5.41) is 8.64. The van der Waals surface area contributed by atoms with Crippen LogP contribution in [-0.2, 0) is 0 Å². The van der Waals surface area contributed by atoms with Crippen molar-refractivity contribution in [3.8, 4) is 0 Å². The molecule has 5 heteroatoms. The number of nitrogens with two attached hydrogens (primary N) is 1. The molecule has 1 aromatic rings. The standard InChI is InChI=1S/C11H16ClN3S/c1-2-3-4-7-16-11-9(12)8(10(13)14)5-6-15-11/h5-6H,2-4,7H2,1H3,(H3,13,14). The van der Waals surface area contributed by atoms with Gasteiger partial charge in [-0.05, 0) is 18.2 Å². The van der Waals surface area contributed by atoms with Gasteiger partial charge in [0.15, 0.2) is 0 Å². The third kappa shape index (κ3) is 3.68. The van der Waals surface area contributed by atoms with Crippen molar-refractivity contribution in [1.82, 2.24) is 4.98 Å². The zero-order valence-electron chi connectivity index (χ0n) is 9.29. The van der Waals surface area contributed by atoms with Gasteiger partial charge in [-0.1, -0.05) is 31.4 Å². The number of unbranched alkanes of at least 4 members (excludes halogenated alkanes) is 2. The second-order valence-corrected chi connectivity index (χ2v) is 4.91. The van der Waals surface area contributed by atoms with Gasteiger partial charge < -0.3 is 5.73 Å². The van der Waals surface area contributed by atoms with Crippen molar-refractivity contribution in [2.45, 2.75) is 31.2 Å². The number of hydrogen-bond acceptors (Lipinski definition) is 3. The molecule has 3 N–H and O–H groups in total. The number of nitrogen functional groups attached to an aromatic ring is 1. The number of hydrogen-bond donors (Lipinski definition) is 2. The Morgan fingerprint density at radius 1 is 1.56 bits per heavy atom. The van der Waals surface area contributed by atoms with Crippen LogP contribution in [0.3, 0.4) is 0 Å². The highest BCUT2D eigenvalue weighted by Gasteiger charge is 2.09. The van der Waals surface area contributed by atoms with Crippen LogP contribution in [0.25, 0.3) is 0 Å². The van der Waals surface area contributed by atoms with Crippen LogP contribution >= 0.6 is 23.4 Å². The van der Waals surface area contributed by atoms with E-state index in [2.05, 4.69) is 11.9 Å². The first kappa shape index (κ1) is 13.3. The van der Waals surface area contributed by atoms with Gasteiger partial charge in [0.05, 0.1) is 5.02 Å². The van der Waals surface area contributed by atoms with Crippen LogP contribution < -0.4 is 5.73 Å². The first-order valence-electron chi connectivity index (χ1n) is 5.28. The summed E-state index contributed by atoms with van der Waals surface area (Å²) in [6.45, 7) is 2.17. The summed E-state index contributed by atoms with van der Waals surface area (Å²) in [6, 6.07) is 1.67. The van der Waals surface area contributed by atoms with Crippen LogP contribution in [0.2, 0.25) is 5.02 Å². The van der Waals surface area contributed by atoms with E-state index in [0.29, 0.717) is 10.6 Å². The molecule has 0 aliphatic heterocycles. The number of amidine groups is 1. The van der Waals surface area contributed by atoms with Gasteiger partial charge in [0.2, 0.25) is 0 Å². The van der Waals surface area contributed by atoms with E-state index in [0.717, 1.165) is 17.2 Å². The van der Waals surface area contributed by atoms with Gasteiger partial charge in [0.1, 0.15) is 10.9 Å². The molecule has 0 aliphatic rings. The second-order valence-electron chi connectivity index (χ2n) is 3.45.